The zero-order valence-electron chi connectivity index (χ0n) is 10.8. The smallest absolute Gasteiger partial charge is 0.0518 e. The van der Waals surface area contributed by atoms with Gasteiger partial charge in [0, 0.05) is 18.3 Å². The monoisotopic (exact) mass is 224 g/mol. The van der Waals surface area contributed by atoms with E-state index in [0.717, 1.165) is 18.8 Å². The van der Waals surface area contributed by atoms with E-state index < -0.39 is 0 Å². The Morgan fingerprint density at radius 3 is 2.75 bits per heavy atom. The second-order valence-corrected chi connectivity index (χ2v) is 4.62. The minimum Gasteiger partial charge on any atom is -0.309 e. The van der Waals surface area contributed by atoms with Crippen LogP contribution in [0.2, 0.25) is 0 Å². The third-order valence-electron chi connectivity index (χ3n) is 3.01. The molecule has 0 radical (unpaired) electrons. The van der Waals surface area contributed by atoms with E-state index in [1.54, 1.807) is 6.20 Å². The minimum atomic E-state index is 0.354. The second-order valence-electron chi connectivity index (χ2n) is 4.62. The number of aromatic nitrogens is 2. The van der Waals surface area contributed by atoms with Crippen molar-refractivity contribution in [2.45, 2.75) is 39.3 Å². The highest BCUT2D eigenvalue weighted by Gasteiger charge is 2.06. The second kappa shape index (κ2) is 6.66. The highest BCUT2D eigenvalue weighted by atomic mass is 15.1. The zero-order valence-corrected chi connectivity index (χ0v) is 10.8. The molecule has 0 aromatic carbocycles. The molecule has 92 valence electrons. The lowest BCUT2D eigenvalue weighted by Crippen LogP contribution is -2.30. The number of H-pyrrole nitrogens is 1. The molecule has 0 fully saturated rings. The zero-order chi connectivity index (χ0) is 12.0. The van der Waals surface area contributed by atoms with Crippen LogP contribution in [0.15, 0.2) is 12.3 Å². The van der Waals surface area contributed by atoms with Crippen molar-refractivity contribution in [1.29, 1.82) is 0 Å². The van der Waals surface area contributed by atoms with Crippen LogP contribution >= 0.6 is 0 Å². The predicted octanol–water partition coefficient (Wildman–Crippen LogP) is 1.79. The van der Waals surface area contributed by atoms with Crippen LogP contribution < -0.4 is 5.32 Å². The standard InChI is InChI=1S/C12H24N4/c1-10(2)16(4)9-5-7-13-11(3)12-6-8-14-15-12/h6,8,10-11,13H,5,7,9H2,1-4H3,(H,14,15). The number of rotatable bonds is 7. The lowest BCUT2D eigenvalue weighted by molar-refractivity contribution is 0.268. The molecule has 0 amide bonds. The summed E-state index contributed by atoms with van der Waals surface area (Å²) in [5.41, 5.74) is 1.15. The molecule has 16 heavy (non-hydrogen) atoms. The van der Waals surface area contributed by atoms with Crippen molar-refractivity contribution in [3.8, 4) is 0 Å². The van der Waals surface area contributed by atoms with Crippen molar-refractivity contribution in [2.75, 3.05) is 20.1 Å². The molecule has 1 heterocycles. The summed E-state index contributed by atoms with van der Waals surface area (Å²) in [6, 6.07) is 3.00. The topological polar surface area (TPSA) is 44.0 Å². The lowest BCUT2D eigenvalue weighted by Gasteiger charge is -2.21. The van der Waals surface area contributed by atoms with E-state index in [9.17, 15) is 0 Å². The Hall–Kier alpha value is -0.870. The van der Waals surface area contributed by atoms with Gasteiger partial charge in [-0.2, -0.15) is 5.10 Å². The molecule has 1 aromatic rings. The Morgan fingerprint density at radius 1 is 1.44 bits per heavy atom. The van der Waals surface area contributed by atoms with Crippen LogP contribution in [0.5, 0.6) is 0 Å². The Bertz CT molecular complexity index is 269. The third kappa shape index (κ3) is 4.33. The van der Waals surface area contributed by atoms with Gasteiger partial charge in [0.1, 0.15) is 0 Å². The molecule has 1 aromatic heterocycles. The van der Waals surface area contributed by atoms with E-state index in [-0.39, 0.29) is 0 Å². The maximum Gasteiger partial charge on any atom is 0.0518 e. The molecule has 0 saturated carbocycles. The molecule has 0 aliphatic rings. The number of nitrogens with one attached hydrogen (secondary N) is 2. The molecule has 0 bridgehead atoms. The van der Waals surface area contributed by atoms with E-state index in [2.05, 4.69) is 48.2 Å². The first-order valence-corrected chi connectivity index (χ1v) is 6.04. The maximum atomic E-state index is 3.95. The average molecular weight is 224 g/mol. The molecule has 1 atom stereocenters. The fourth-order valence-electron chi connectivity index (χ4n) is 1.52. The van der Waals surface area contributed by atoms with Gasteiger partial charge in [0.2, 0.25) is 0 Å². The molecular weight excluding hydrogens is 200 g/mol. The van der Waals surface area contributed by atoms with Crippen molar-refractivity contribution in [3.05, 3.63) is 18.0 Å². The summed E-state index contributed by atoms with van der Waals surface area (Å²) in [7, 11) is 2.17. The van der Waals surface area contributed by atoms with Crippen molar-refractivity contribution in [3.63, 3.8) is 0 Å². The van der Waals surface area contributed by atoms with Gasteiger partial charge in [-0.3, -0.25) is 5.10 Å². The number of aromatic amines is 1. The van der Waals surface area contributed by atoms with Crippen LogP contribution in [-0.4, -0.2) is 41.3 Å². The van der Waals surface area contributed by atoms with Gasteiger partial charge in [-0.1, -0.05) is 0 Å². The number of hydrogen-bond acceptors (Lipinski definition) is 3. The minimum absolute atomic E-state index is 0.354. The van der Waals surface area contributed by atoms with E-state index in [0.29, 0.717) is 12.1 Å². The van der Waals surface area contributed by atoms with Gasteiger partial charge in [0.05, 0.1) is 5.69 Å². The van der Waals surface area contributed by atoms with Crippen LogP contribution in [0.25, 0.3) is 0 Å². The normalized spacial score (nSPS) is 13.6. The molecule has 0 saturated heterocycles. The van der Waals surface area contributed by atoms with Gasteiger partial charge in [-0.05, 0) is 53.4 Å². The Balaban J connectivity index is 2.12. The van der Waals surface area contributed by atoms with Crippen LogP contribution in [0.1, 0.15) is 38.9 Å². The summed E-state index contributed by atoms with van der Waals surface area (Å²) in [6.45, 7) is 8.78. The molecule has 0 spiro atoms. The molecule has 1 unspecified atom stereocenters. The van der Waals surface area contributed by atoms with Crippen LogP contribution in [0, 0.1) is 0 Å². The van der Waals surface area contributed by atoms with Crippen molar-refractivity contribution >= 4 is 0 Å². The first-order chi connectivity index (χ1) is 7.61. The van der Waals surface area contributed by atoms with E-state index in [4.69, 9.17) is 0 Å². The number of hydrogen-bond donors (Lipinski definition) is 2. The van der Waals surface area contributed by atoms with Crippen molar-refractivity contribution in [1.82, 2.24) is 20.4 Å². The van der Waals surface area contributed by atoms with E-state index in [1.807, 2.05) is 6.07 Å². The molecule has 4 heteroatoms. The molecule has 1 rings (SSSR count). The number of nitrogens with zero attached hydrogens (tertiary/aromatic N) is 2. The van der Waals surface area contributed by atoms with E-state index in [1.165, 1.54) is 6.42 Å². The van der Waals surface area contributed by atoms with Gasteiger partial charge in [0.25, 0.3) is 0 Å². The quantitative estimate of drug-likeness (QED) is 0.694. The van der Waals surface area contributed by atoms with Crippen LogP contribution in [0.4, 0.5) is 0 Å². The molecule has 0 aliphatic heterocycles. The van der Waals surface area contributed by atoms with Gasteiger partial charge in [-0.25, -0.2) is 0 Å². The molecular formula is C12H24N4. The summed E-state index contributed by atoms with van der Waals surface area (Å²) in [5.74, 6) is 0. The SMILES string of the molecule is CC(NCCCN(C)C(C)C)c1ccn[nH]1. The van der Waals surface area contributed by atoms with Crippen molar-refractivity contribution < 1.29 is 0 Å². The summed E-state index contributed by atoms with van der Waals surface area (Å²) < 4.78 is 0. The maximum absolute atomic E-state index is 3.95. The van der Waals surface area contributed by atoms with Crippen LogP contribution in [-0.2, 0) is 0 Å². The first kappa shape index (κ1) is 13.2. The highest BCUT2D eigenvalue weighted by molar-refractivity contribution is 5.02. The van der Waals surface area contributed by atoms with Crippen LogP contribution in [0.3, 0.4) is 0 Å². The Labute approximate surface area is 98.4 Å². The fraction of sp³-hybridized carbons (Fsp3) is 0.750. The highest BCUT2D eigenvalue weighted by Crippen LogP contribution is 2.06. The summed E-state index contributed by atoms with van der Waals surface area (Å²) in [5, 5.41) is 10.4. The van der Waals surface area contributed by atoms with Gasteiger partial charge in [0.15, 0.2) is 0 Å². The third-order valence-corrected chi connectivity index (χ3v) is 3.01. The van der Waals surface area contributed by atoms with Gasteiger partial charge >= 0.3 is 0 Å². The molecule has 2 N–H and O–H groups in total. The predicted molar refractivity (Wildman–Crippen MR) is 67.4 cm³/mol. The summed E-state index contributed by atoms with van der Waals surface area (Å²) in [6.07, 6.45) is 2.97. The fourth-order valence-corrected chi connectivity index (χ4v) is 1.52. The Kier molecular flexibility index (Phi) is 5.49. The molecule has 4 nitrogen and oxygen atoms in total. The van der Waals surface area contributed by atoms with E-state index >= 15 is 0 Å². The van der Waals surface area contributed by atoms with Gasteiger partial charge in [-0.15, -0.1) is 0 Å². The first-order valence-electron chi connectivity index (χ1n) is 6.04. The van der Waals surface area contributed by atoms with Gasteiger partial charge < -0.3 is 10.2 Å². The largest absolute Gasteiger partial charge is 0.309 e. The summed E-state index contributed by atoms with van der Waals surface area (Å²) in [4.78, 5) is 2.36. The van der Waals surface area contributed by atoms with Crippen molar-refractivity contribution in [2.24, 2.45) is 0 Å². The summed E-state index contributed by atoms with van der Waals surface area (Å²) >= 11 is 0. The molecule has 0 aliphatic carbocycles. The average Bonchev–Trinajstić information content (AvgIpc) is 2.76. The lowest BCUT2D eigenvalue weighted by atomic mass is 10.2. The Morgan fingerprint density at radius 2 is 2.19 bits per heavy atom.